The summed E-state index contributed by atoms with van der Waals surface area (Å²) in [7, 11) is 0. The molecule has 1 aliphatic heterocycles. The van der Waals surface area contributed by atoms with E-state index in [-0.39, 0.29) is 0 Å². The minimum atomic E-state index is -0.443. The van der Waals surface area contributed by atoms with E-state index in [4.69, 9.17) is 0 Å². The predicted octanol–water partition coefficient (Wildman–Crippen LogP) is 1.93. The first-order valence-corrected chi connectivity index (χ1v) is 8.82. The Balaban J connectivity index is 1.54. The fourth-order valence-corrected chi connectivity index (χ4v) is 3.82. The first-order chi connectivity index (χ1) is 12.3. The maximum absolute atomic E-state index is 10.8. The number of carbonyl (C=O) groups excluding carboxylic acids is 1. The van der Waals surface area contributed by atoms with E-state index in [2.05, 4.69) is 45.9 Å². The molecule has 25 heavy (non-hydrogen) atoms. The molecule has 0 radical (unpaired) electrons. The van der Waals surface area contributed by atoms with Gasteiger partial charge in [-0.2, -0.15) is 0 Å². The molecule has 2 aromatic carbocycles. The number of fused-ring (bicyclic) bond motifs is 3. The molecule has 5 heteroatoms. The SMILES string of the molecule is O=CN1CCN(C[C@@H](O)Cn2c3ccccc3c3ccccc32)CC1. The Morgan fingerprint density at radius 1 is 0.880 bits per heavy atom. The number of para-hydroxylation sites is 2. The molecule has 130 valence electrons. The molecule has 1 aromatic heterocycles. The molecule has 2 heterocycles. The van der Waals surface area contributed by atoms with Crippen molar-refractivity contribution in [1.29, 1.82) is 0 Å². The quantitative estimate of drug-likeness (QED) is 0.724. The minimum Gasteiger partial charge on any atom is -0.390 e. The summed E-state index contributed by atoms with van der Waals surface area (Å²) in [5, 5.41) is 13.1. The first kappa shape index (κ1) is 16.1. The van der Waals surface area contributed by atoms with Gasteiger partial charge in [0, 0.05) is 54.5 Å². The fourth-order valence-electron chi connectivity index (χ4n) is 3.82. The van der Waals surface area contributed by atoms with Crippen LogP contribution >= 0.6 is 0 Å². The highest BCUT2D eigenvalue weighted by Gasteiger charge is 2.19. The van der Waals surface area contributed by atoms with Gasteiger partial charge in [0.25, 0.3) is 0 Å². The van der Waals surface area contributed by atoms with Crippen molar-refractivity contribution in [2.75, 3.05) is 32.7 Å². The zero-order chi connectivity index (χ0) is 17.2. The van der Waals surface area contributed by atoms with E-state index in [9.17, 15) is 9.90 Å². The molecule has 0 aliphatic carbocycles. The lowest BCUT2D eigenvalue weighted by atomic mass is 10.2. The summed E-state index contributed by atoms with van der Waals surface area (Å²) in [6.45, 7) is 4.33. The third-order valence-corrected chi connectivity index (χ3v) is 5.10. The Bertz CT molecular complexity index is 828. The molecule has 0 unspecified atom stereocenters. The van der Waals surface area contributed by atoms with Gasteiger partial charge in [-0.05, 0) is 12.1 Å². The Morgan fingerprint density at radius 3 is 2.00 bits per heavy atom. The molecular formula is C20H23N3O2. The normalized spacial score (nSPS) is 17.2. The highest BCUT2D eigenvalue weighted by Crippen LogP contribution is 2.28. The molecule has 3 aromatic rings. The van der Waals surface area contributed by atoms with Crippen LogP contribution in [0.1, 0.15) is 0 Å². The summed E-state index contributed by atoms with van der Waals surface area (Å²) in [4.78, 5) is 14.8. The van der Waals surface area contributed by atoms with Crippen LogP contribution in [0.5, 0.6) is 0 Å². The molecule has 1 fully saturated rings. The van der Waals surface area contributed by atoms with E-state index in [0.29, 0.717) is 13.1 Å². The number of aliphatic hydroxyl groups excluding tert-OH is 1. The second-order valence-electron chi connectivity index (χ2n) is 6.74. The Labute approximate surface area is 147 Å². The molecule has 1 N–H and O–H groups in total. The summed E-state index contributed by atoms with van der Waals surface area (Å²) < 4.78 is 2.22. The van der Waals surface area contributed by atoms with Gasteiger partial charge in [-0.3, -0.25) is 9.69 Å². The number of carbonyl (C=O) groups is 1. The van der Waals surface area contributed by atoms with Crippen LogP contribution in [0, 0.1) is 0 Å². The van der Waals surface area contributed by atoms with Crippen molar-refractivity contribution in [3.63, 3.8) is 0 Å². The van der Waals surface area contributed by atoms with E-state index < -0.39 is 6.10 Å². The van der Waals surface area contributed by atoms with E-state index in [0.717, 1.165) is 43.6 Å². The highest BCUT2D eigenvalue weighted by atomic mass is 16.3. The van der Waals surface area contributed by atoms with Crippen LogP contribution in [0.3, 0.4) is 0 Å². The number of piperazine rings is 1. The maximum Gasteiger partial charge on any atom is 0.209 e. The van der Waals surface area contributed by atoms with Gasteiger partial charge in [0.1, 0.15) is 0 Å². The number of rotatable bonds is 5. The average Bonchev–Trinajstić information content (AvgIpc) is 2.97. The molecular weight excluding hydrogens is 314 g/mol. The summed E-state index contributed by atoms with van der Waals surface area (Å²) in [6, 6.07) is 16.7. The minimum absolute atomic E-state index is 0.443. The second kappa shape index (κ2) is 6.86. The lowest BCUT2D eigenvalue weighted by molar-refractivity contribution is -0.119. The Kier molecular flexibility index (Phi) is 4.42. The topological polar surface area (TPSA) is 48.7 Å². The standard InChI is InChI=1S/C20H23N3O2/c24-15-22-11-9-21(10-12-22)13-16(25)14-23-19-7-3-1-5-17(19)18-6-2-4-8-20(18)23/h1-8,15-16,25H,9-14H2/t16-/m1/s1. The van der Waals surface area contributed by atoms with Gasteiger partial charge in [-0.1, -0.05) is 36.4 Å². The zero-order valence-corrected chi connectivity index (χ0v) is 14.2. The number of hydrogen-bond acceptors (Lipinski definition) is 3. The van der Waals surface area contributed by atoms with E-state index in [1.807, 2.05) is 12.1 Å². The van der Waals surface area contributed by atoms with Gasteiger partial charge in [0.15, 0.2) is 0 Å². The predicted molar refractivity (Wildman–Crippen MR) is 99.5 cm³/mol. The highest BCUT2D eigenvalue weighted by molar-refractivity contribution is 6.07. The summed E-state index contributed by atoms with van der Waals surface area (Å²) in [5.74, 6) is 0. The van der Waals surface area contributed by atoms with Crippen LogP contribution in [0.25, 0.3) is 21.8 Å². The van der Waals surface area contributed by atoms with Gasteiger partial charge in [0.2, 0.25) is 6.41 Å². The van der Waals surface area contributed by atoms with Crippen LogP contribution < -0.4 is 0 Å². The zero-order valence-electron chi connectivity index (χ0n) is 14.2. The summed E-state index contributed by atoms with van der Waals surface area (Å²) >= 11 is 0. The van der Waals surface area contributed by atoms with Crippen molar-refractivity contribution in [3.05, 3.63) is 48.5 Å². The van der Waals surface area contributed by atoms with Crippen molar-refractivity contribution in [1.82, 2.24) is 14.4 Å². The van der Waals surface area contributed by atoms with Crippen LogP contribution in [0.4, 0.5) is 0 Å². The van der Waals surface area contributed by atoms with Crippen molar-refractivity contribution in [2.45, 2.75) is 12.6 Å². The largest absolute Gasteiger partial charge is 0.390 e. The van der Waals surface area contributed by atoms with Crippen LogP contribution in [0.2, 0.25) is 0 Å². The van der Waals surface area contributed by atoms with Crippen LogP contribution in [-0.4, -0.2) is 64.7 Å². The molecule has 1 aliphatic rings. The monoisotopic (exact) mass is 337 g/mol. The molecule has 1 amide bonds. The van der Waals surface area contributed by atoms with Gasteiger partial charge in [-0.25, -0.2) is 0 Å². The van der Waals surface area contributed by atoms with Gasteiger partial charge in [-0.15, -0.1) is 0 Å². The molecule has 5 nitrogen and oxygen atoms in total. The van der Waals surface area contributed by atoms with Crippen molar-refractivity contribution >= 4 is 28.2 Å². The number of benzene rings is 2. The number of amides is 1. The number of nitrogens with zero attached hydrogens (tertiary/aromatic N) is 3. The summed E-state index contributed by atoms with van der Waals surface area (Å²) in [5.41, 5.74) is 2.32. The smallest absolute Gasteiger partial charge is 0.209 e. The van der Waals surface area contributed by atoms with Crippen LogP contribution in [0.15, 0.2) is 48.5 Å². The van der Waals surface area contributed by atoms with Crippen molar-refractivity contribution in [2.24, 2.45) is 0 Å². The first-order valence-electron chi connectivity index (χ1n) is 8.82. The molecule has 0 saturated carbocycles. The molecule has 0 spiro atoms. The molecule has 4 rings (SSSR count). The fraction of sp³-hybridized carbons (Fsp3) is 0.350. The average molecular weight is 337 g/mol. The Hall–Kier alpha value is -2.37. The third kappa shape index (κ3) is 3.13. The van der Waals surface area contributed by atoms with E-state index >= 15 is 0 Å². The van der Waals surface area contributed by atoms with Gasteiger partial charge >= 0.3 is 0 Å². The Morgan fingerprint density at radius 2 is 1.44 bits per heavy atom. The van der Waals surface area contributed by atoms with Crippen LogP contribution in [-0.2, 0) is 11.3 Å². The number of aliphatic hydroxyl groups is 1. The van der Waals surface area contributed by atoms with Gasteiger partial charge in [0.05, 0.1) is 12.6 Å². The number of aromatic nitrogens is 1. The lowest BCUT2D eigenvalue weighted by Gasteiger charge is -2.33. The van der Waals surface area contributed by atoms with Crippen molar-refractivity contribution < 1.29 is 9.90 Å². The van der Waals surface area contributed by atoms with Crippen molar-refractivity contribution in [3.8, 4) is 0 Å². The number of hydrogen-bond donors (Lipinski definition) is 1. The van der Waals surface area contributed by atoms with E-state index in [1.165, 1.54) is 10.8 Å². The molecule has 1 saturated heterocycles. The third-order valence-electron chi connectivity index (χ3n) is 5.10. The number of β-amino-alcohol motifs (C(OH)–C–C–N with tert-alkyl or cyclic N) is 1. The summed E-state index contributed by atoms with van der Waals surface area (Å²) in [6.07, 6.45) is 0.466. The molecule has 0 bridgehead atoms. The lowest BCUT2D eigenvalue weighted by Crippen LogP contribution is -2.48. The maximum atomic E-state index is 10.8. The van der Waals surface area contributed by atoms with E-state index in [1.54, 1.807) is 4.90 Å². The second-order valence-corrected chi connectivity index (χ2v) is 6.74. The molecule has 1 atom stereocenters. The van der Waals surface area contributed by atoms with Gasteiger partial charge < -0.3 is 14.6 Å².